The maximum atomic E-state index is 12.8. The predicted molar refractivity (Wildman–Crippen MR) is 132 cm³/mol. The van der Waals surface area contributed by atoms with Gasteiger partial charge in [0, 0.05) is 56.9 Å². The van der Waals surface area contributed by atoms with E-state index in [1.54, 1.807) is 26.8 Å². The molecule has 1 aliphatic heterocycles. The molecule has 0 atom stereocenters. The number of hydrogen-bond donors (Lipinski definition) is 2. The van der Waals surface area contributed by atoms with E-state index in [0.717, 1.165) is 44.8 Å². The number of rotatable bonds is 8. The van der Waals surface area contributed by atoms with Gasteiger partial charge >= 0.3 is 0 Å². The van der Waals surface area contributed by atoms with Crippen LogP contribution < -0.4 is 10.0 Å². The molecule has 7 nitrogen and oxygen atoms in total. The zero-order valence-corrected chi connectivity index (χ0v) is 20.9. The molecule has 1 saturated heterocycles. The minimum absolute atomic E-state index is 0.0997. The van der Waals surface area contributed by atoms with E-state index >= 15 is 0 Å². The molecule has 1 aliphatic rings. The molecule has 2 aromatic carbocycles. The van der Waals surface area contributed by atoms with Crippen molar-refractivity contribution in [3.63, 3.8) is 0 Å². The number of sulfonamides is 1. The number of hydrogen-bond acceptors (Lipinski definition) is 5. The summed E-state index contributed by atoms with van der Waals surface area (Å²) in [4.78, 5) is 17.7. The number of carbonyl (C=O) groups excluding carboxylic acids is 1. The molecule has 8 heteroatoms. The van der Waals surface area contributed by atoms with Crippen molar-refractivity contribution in [1.29, 1.82) is 0 Å². The molecular formula is C25H36N4O3S. The van der Waals surface area contributed by atoms with Crippen LogP contribution in [0.5, 0.6) is 0 Å². The Morgan fingerprint density at radius 3 is 2.24 bits per heavy atom. The van der Waals surface area contributed by atoms with E-state index in [2.05, 4.69) is 44.1 Å². The van der Waals surface area contributed by atoms with Crippen LogP contribution in [0.2, 0.25) is 0 Å². The third kappa shape index (κ3) is 7.64. The summed E-state index contributed by atoms with van der Waals surface area (Å²) < 4.78 is 27.9. The molecule has 1 heterocycles. The second kappa shape index (κ2) is 10.8. The van der Waals surface area contributed by atoms with E-state index in [4.69, 9.17) is 0 Å². The molecule has 3 rings (SSSR count). The standard InChI is InChI=1S/C25H36N4O3S/c1-20-10-11-22(33(31,32)27-25(2,3)4)18-23(20)24(30)26-12-13-28-14-16-29(17-15-28)19-21-8-6-5-7-9-21/h5-11,18,27H,12-17,19H2,1-4H3,(H,26,30). The Balaban J connectivity index is 1.49. The molecule has 0 saturated carbocycles. The van der Waals surface area contributed by atoms with E-state index in [-0.39, 0.29) is 10.8 Å². The van der Waals surface area contributed by atoms with Gasteiger partial charge in [0.25, 0.3) is 5.91 Å². The van der Waals surface area contributed by atoms with Crippen LogP contribution in [0.3, 0.4) is 0 Å². The highest BCUT2D eigenvalue weighted by Gasteiger charge is 2.24. The van der Waals surface area contributed by atoms with Gasteiger partial charge in [-0.05, 0) is 51.0 Å². The topological polar surface area (TPSA) is 81.7 Å². The Kier molecular flexibility index (Phi) is 8.28. The number of piperazine rings is 1. The van der Waals surface area contributed by atoms with Crippen LogP contribution in [0.25, 0.3) is 0 Å². The van der Waals surface area contributed by atoms with Gasteiger partial charge in [-0.1, -0.05) is 36.4 Å². The van der Waals surface area contributed by atoms with Crippen molar-refractivity contribution in [2.75, 3.05) is 39.3 Å². The molecule has 0 aliphatic carbocycles. The molecular weight excluding hydrogens is 436 g/mol. The fourth-order valence-electron chi connectivity index (χ4n) is 3.91. The monoisotopic (exact) mass is 472 g/mol. The Bertz CT molecular complexity index is 1040. The lowest BCUT2D eigenvalue weighted by atomic mass is 10.1. The summed E-state index contributed by atoms with van der Waals surface area (Å²) in [6, 6.07) is 15.2. The Hall–Kier alpha value is -2.26. The van der Waals surface area contributed by atoms with Crippen LogP contribution in [-0.4, -0.2) is 68.9 Å². The Morgan fingerprint density at radius 2 is 1.61 bits per heavy atom. The minimum Gasteiger partial charge on any atom is -0.351 e. The largest absolute Gasteiger partial charge is 0.351 e. The van der Waals surface area contributed by atoms with Crippen molar-refractivity contribution < 1.29 is 13.2 Å². The zero-order chi connectivity index (χ0) is 24.1. The number of aryl methyl sites for hydroxylation is 1. The van der Waals surface area contributed by atoms with Crippen LogP contribution in [0.1, 0.15) is 42.3 Å². The van der Waals surface area contributed by atoms with Gasteiger partial charge in [-0.3, -0.25) is 14.6 Å². The molecule has 2 aromatic rings. The van der Waals surface area contributed by atoms with Gasteiger partial charge in [0.2, 0.25) is 10.0 Å². The van der Waals surface area contributed by atoms with Crippen LogP contribution in [0, 0.1) is 6.92 Å². The minimum atomic E-state index is -3.70. The summed E-state index contributed by atoms with van der Waals surface area (Å²) in [5.41, 5.74) is 1.86. The van der Waals surface area contributed by atoms with Gasteiger partial charge in [-0.25, -0.2) is 13.1 Å². The third-order valence-corrected chi connectivity index (χ3v) is 7.39. The second-order valence-electron chi connectivity index (χ2n) is 9.69. The molecule has 0 spiro atoms. The molecule has 2 N–H and O–H groups in total. The Morgan fingerprint density at radius 1 is 0.970 bits per heavy atom. The molecule has 180 valence electrons. The average molecular weight is 473 g/mol. The quantitative estimate of drug-likeness (QED) is 0.617. The molecule has 0 bridgehead atoms. The number of benzene rings is 2. The Labute approximate surface area is 198 Å². The summed E-state index contributed by atoms with van der Waals surface area (Å²) in [6.45, 7) is 13.4. The van der Waals surface area contributed by atoms with Crippen molar-refractivity contribution in [2.24, 2.45) is 0 Å². The zero-order valence-electron chi connectivity index (χ0n) is 20.1. The van der Waals surface area contributed by atoms with Crippen LogP contribution in [-0.2, 0) is 16.6 Å². The van der Waals surface area contributed by atoms with Crippen molar-refractivity contribution in [3.05, 3.63) is 65.2 Å². The van der Waals surface area contributed by atoms with Crippen molar-refractivity contribution in [2.45, 2.75) is 44.7 Å². The van der Waals surface area contributed by atoms with E-state index < -0.39 is 15.6 Å². The normalized spacial score (nSPS) is 16.0. The highest BCUT2D eigenvalue weighted by atomic mass is 32.2. The molecule has 1 amide bonds. The van der Waals surface area contributed by atoms with E-state index in [1.807, 2.05) is 13.0 Å². The van der Waals surface area contributed by atoms with Crippen molar-refractivity contribution >= 4 is 15.9 Å². The van der Waals surface area contributed by atoms with Crippen LogP contribution >= 0.6 is 0 Å². The van der Waals surface area contributed by atoms with Gasteiger partial charge in [0.05, 0.1) is 4.90 Å². The number of carbonyl (C=O) groups is 1. The predicted octanol–water partition coefficient (Wildman–Crippen LogP) is 2.62. The first-order valence-corrected chi connectivity index (χ1v) is 12.9. The lowest BCUT2D eigenvalue weighted by molar-refractivity contribution is 0.0933. The summed E-state index contributed by atoms with van der Waals surface area (Å²) in [6.07, 6.45) is 0. The van der Waals surface area contributed by atoms with Gasteiger partial charge in [0.15, 0.2) is 0 Å². The van der Waals surface area contributed by atoms with Gasteiger partial charge in [-0.15, -0.1) is 0 Å². The van der Waals surface area contributed by atoms with E-state index in [0.29, 0.717) is 12.1 Å². The molecule has 33 heavy (non-hydrogen) atoms. The van der Waals surface area contributed by atoms with E-state index in [1.165, 1.54) is 17.7 Å². The van der Waals surface area contributed by atoms with Gasteiger partial charge in [-0.2, -0.15) is 0 Å². The van der Waals surface area contributed by atoms with E-state index in [9.17, 15) is 13.2 Å². The third-order valence-electron chi connectivity index (χ3n) is 5.63. The number of nitrogens with one attached hydrogen (secondary N) is 2. The maximum Gasteiger partial charge on any atom is 0.251 e. The van der Waals surface area contributed by atoms with Gasteiger partial charge in [0.1, 0.15) is 0 Å². The first kappa shape index (κ1) is 25.4. The fourth-order valence-corrected chi connectivity index (χ4v) is 5.35. The van der Waals surface area contributed by atoms with Crippen molar-refractivity contribution in [3.8, 4) is 0 Å². The SMILES string of the molecule is Cc1ccc(S(=O)(=O)NC(C)(C)C)cc1C(=O)NCCN1CCN(Cc2ccccc2)CC1. The summed E-state index contributed by atoms with van der Waals surface area (Å²) in [5, 5.41) is 2.96. The number of amides is 1. The number of nitrogens with zero attached hydrogens (tertiary/aromatic N) is 2. The molecule has 0 unspecified atom stereocenters. The van der Waals surface area contributed by atoms with Crippen LogP contribution in [0.4, 0.5) is 0 Å². The maximum absolute atomic E-state index is 12.8. The molecule has 1 fully saturated rings. The molecule has 0 radical (unpaired) electrons. The summed E-state index contributed by atoms with van der Waals surface area (Å²) in [7, 11) is -3.70. The smallest absolute Gasteiger partial charge is 0.251 e. The first-order valence-electron chi connectivity index (χ1n) is 11.4. The highest BCUT2D eigenvalue weighted by Crippen LogP contribution is 2.18. The fraction of sp³-hybridized carbons (Fsp3) is 0.480. The highest BCUT2D eigenvalue weighted by molar-refractivity contribution is 7.89. The summed E-state index contributed by atoms with van der Waals surface area (Å²) >= 11 is 0. The lowest BCUT2D eigenvalue weighted by Crippen LogP contribution is -2.48. The summed E-state index contributed by atoms with van der Waals surface area (Å²) in [5.74, 6) is -0.247. The van der Waals surface area contributed by atoms with Crippen molar-refractivity contribution in [1.82, 2.24) is 19.8 Å². The molecule has 0 aromatic heterocycles. The average Bonchev–Trinajstić information content (AvgIpc) is 2.74. The first-order chi connectivity index (χ1) is 15.5. The lowest BCUT2D eigenvalue weighted by Gasteiger charge is -2.34. The van der Waals surface area contributed by atoms with Gasteiger partial charge < -0.3 is 5.32 Å². The second-order valence-corrected chi connectivity index (χ2v) is 11.4. The van der Waals surface area contributed by atoms with Crippen LogP contribution in [0.15, 0.2) is 53.4 Å².